The molecule has 3 nitrogen and oxygen atoms in total. The molecule has 0 bridgehead atoms. The first-order chi connectivity index (χ1) is 11.7. The maximum Gasteiger partial charge on any atom is 0.0907 e. The average Bonchev–Trinajstić information content (AvgIpc) is 3.17. The topological polar surface area (TPSA) is 51.3 Å². The van der Waals surface area contributed by atoms with Crippen molar-refractivity contribution in [1.29, 1.82) is 0 Å². The molecule has 1 aliphatic rings. The van der Waals surface area contributed by atoms with E-state index in [0.29, 0.717) is 0 Å². The molecule has 2 heterocycles. The van der Waals surface area contributed by atoms with E-state index in [2.05, 4.69) is 79.1 Å². The van der Waals surface area contributed by atoms with E-state index in [4.69, 9.17) is 0 Å². The van der Waals surface area contributed by atoms with Crippen LogP contribution in [0.25, 0.3) is 21.3 Å². The molecule has 2 aromatic carbocycles. The number of hydrogen-bond acceptors (Lipinski definition) is 4. The number of fused-ring (bicyclic) bond motifs is 2. The van der Waals surface area contributed by atoms with Crippen LogP contribution in [-0.2, 0) is 6.42 Å². The van der Waals surface area contributed by atoms with Crippen LogP contribution in [-0.4, -0.2) is 17.7 Å². The van der Waals surface area contributed by atoms with Crippen molar-refractivity contribution in [2.24, 2.45) is 10.7 Å². The van der Waals surface area contributed by atoms with E-state index in [-0.39, 0.29) is 0 Å². The van der Waals surface area contributed by atoms with Gasteiger partial charge in [-0.3, -0.25) is 4.99 Å². The van der Waals surface area contributed by atoms with Gasteiger partial charge in [0.05, 0.1) is 20.9 Å². The number of thiazole rings is 1. The quantitative estimate of drug-likeness (QED) is 0.613. The lowest BCUT2D eigenvalue weighted by molar-refractivity contribution is 1.35. The van der Waals surface area contributed by atoms with Gasteiger partial charge < -0.3 is 5.73 Å². The number of hydrogen-bond donors (Lipinski definition) is 1. The summed E-state index contributed by atoms with van der Waals surface area (Å²) < 4.78 is 1.26. The predicted molar refractivity (Wildman–Crippen MR) is 108 cm³/mol. The summed E-state index contributed by atoms with van der Waals surface area (Å²) in [6, 6.07) is 13.1. The molecule has 0 amide bonds. The Bertz CT molecular complexity index is 878. The van der Waals surface area contributed by atoms with Crippen LogP contribution in [0.1, 0.15) is 17.5 Å². The van der Waals surface area contributed by atoms with Crippen molar-refractivity contribution in [3.63, 3.8) is 0 Å². The average molecular weight is 337 g/mol. The minimum Gasteiger partial charge on any atom is -0.333 e. The van der Waals surface area contributed by atoms with Gasteiger partial charge in [-0.05, 0) is 61.9 Å². The van der Waals surface area contributed by atoms with Crippen LogP contribution < -0.4 is 5.73 Å². The Labute approximate surface area is 147 Å². The van der Waals surface area contributed by atoms with Gasteiger partial charge in [0.1, 0.15) is 0 Å². The second-order valence-electron chi connectivity index (χ2n) is 5.28. The summed E-state index contributed by atoms with van der Waals surface area (Å²) in [6.07, 6.45) is 0.977. The Morgan fingerprint density at radius 2 is 1.67 bits per heavy atom. The lowest BCUT2D eigenvalue weighted by Gasteiger charge is -2.04. The molecular weight excluding hydrogens is 314 g/mol. The largest absolute Gasteiger partial charge is 0.333 e. The highest BCUT2D eigenvalue weighted by Crippen LogP contribution is 2.33. The van der Waals surface area contributed by atoms with Crippen LogP contribution in [0.4, 0.5) is 5.69 Å². The van der Waals surface area contributed by atoms with Gasteiger partial charge in [0, 0.05) is 12.1 Å². The predicted octanol–water partition coefficient (Wildman–Crippen LogP) is 5.30. The first-order valence-electron chi connectivity index (χ1n) is 7.81. The van der Waals surface area contributed by atoms with Gasteiger partial charge in [-0.15, -0.1) is 24.5 Å². The van der Waals surface area contributed by atoms with Crippen LogP contribution >= 0.6 is 11.3 Å². The number of aryl methyl sites for hydroxylation is 1. The summed E-state index contributed by atoms with van der Waals surface area (Å²) in [5, 5.41) is 1.12. The summed E-state index contributed by atoms with van der Waals surface area (Å²) >= 11 is 1.75. The zero-order valence-corrected chi connectivity index (χ0v) is 15.3. The number of benzene rings is 2. The molecule has 2 N–H and O–H groups in total. The number of rotatable bonds is 1. The van der Waals surface area contributed by atoms with Gasteiger partial charge >= 0.3 is 0 Å². The van der Waals surface area contributed by atoms with Crippen molar-refractivity contribution in [3.05, 3.63) is 60.1 Å². The third-order valence-corrected chi connectivity index (χ3v) is 4.60. The van der Waals surface area contributed by atoms with Crippen LogP contribution in [0, 0.1) is 6.92 Å². The van der Waals surface area contributed by atoms with Gasteiger partial charge in [0.25, 0.3) is 0 Å². The fraction of sp³-hybridized carbons (Fsp3) is 0.200. The zero-order chi connectivity index (χ0) is 17.7. The number of aliphatic imine (C=N–C) groups is 1. The molecule has 0 saturated carbocycles. The third-order valence-electron chi connectivity index (χ3n) is 3.67. The molecule has 4 rings (SSSR count). The summed E-state index contributed by atoms with van der Waals surface area (Å²) in [7, 11) is 1.50. The smallest absolute Gasteiger partial charge is 0.0907 e. The summed E-state index contributed by atoms with van der Waals surface area (Å²) in [5.74, 6) is 0. The summed E-state index contributed by atoms with van der Waals surface area (Å²) in [6.45, 7) is 10.1. The monoisotopic (exact) mass is 337 g/mol. The number of nitrogens with two attached hydrogens (primary N) is 1. The molecule has 4 heteroatoms. The van der Waals surface area contributed by atoms with Crippen LogP contribution in [0.2, 0.25) is 0 Å². The zero-order valence-electron chi connectivity index (χ0n) is 14.5. The minimum absolute atomic E-state index is 0.977. The van der Waals surface area contributed by atoms with Gasteiger partial charge in [0.15, 0.2) is 0 Å². The van der Waals surface area contributed by atoms with E-state index in [9.17, 15) is 0 Å². The van der Waals surface area contributed by atoms with Crippen molar-refractivity contribution in [1.82, 2.24) is 4.98 Å². The molecule has 3 aromatic rings. The SMILES string of the molecule is C=C.CC1=Nc2ccc(-c3ccc4nc(C)sc4c3)cc2C1.CN. The van der Waals surface area contributed by atoms with Crippen LogP contribution in [0.3, 0.4) is 0 Å². The Morgan fingerprint density at radius 3 is 2.42 bits per heavy atom. The maximum atomic E-state index is 4.55. The molecule has 0 saturated heterocycles. The highest BCUT2D eigenvalue weighted by Gasteiger charge is 2.12. The van der Waals surface area contributed by atoms with E-state index in [1.807, 2.05) is 0 Å². The Morgan fingerprint density at radius 1 is 1.00 bits per heavy atom. The molecule has 124 valence electrons. The Hall–Kier alpha value is -2.30. The molecule has 1 aliphatic heterocycles. The molecule has 0 spiro atoms. The molecule has 0 unspecified atom stereocenters. The fourth-order valence-corrected chi connectivity index (χ4v) is 3.62. The number of nitrogens with zero attached hydrogens (tertiary/aromatic N) is 2. The molecule has 0 radical (unpaired) electrons. The van der Waals surface area contributed by atoms with E-state index in [0.717, 1.165) is 22.6 Å². The molecule has 1 aromatic heterocycles. The molecular formula is C20H23N3S. The van der Waals surface area contributed by atoms with E-state index >= 15 is 0 Å². The Kier molecular flexibility index (Phi) is 6.01. The summed E-state index contributed by atoms with van der Waals surface area (Å²) in [5.41, 5.74) is 11.8. The highest BCUT2D eigenvalue weighted by atomic mass is 32.1. The molecule has 24 heavy (non-hydrogen) atoms. The molecule has 0 aliphatic carbocycles. The van der Waals surface area contributed by atoms with E-state index in [1.165, 1.54) is 34.1 Å². The van der Waals surface area contributed by atoms with Gasteiger partial charge in [-0.25, -0.2) is 4.98 Å². The van der Waals surface area contributed by atoms with Crippen molar-refractivity contribution < 1.29 is 0 Å². The molecule has 0 atom stereocenters. The highest BCUT2D eigenvalue weighted by molar-refractivity contribution is 7.18. The first kappa shape index (κ1) is 18.0. The van der Waals surface area contributed by atoms with Crippen LogP contribution in [0.5, 0.6) is 0 Å². The van der Waals surface area contributed by atoms with Gasteiger partial charge in [-0.2, -0.15) is 0 Å². The standard InChI is InChI=1S/C17H14N2S.C2H4.CH5N/c1-10-7-14-8-12(3-5-15(14)18-10)13-4-6-16-17(9-13)20-11(2)19-16;2*1-2/h3-6,8-9H,7H2,1-2H3;1-2H2;2H2,1H3. The third kappa shape index (κ3) is 3.61. The van der Waals surface area contributed by atoms with Crippen LogP contribution in [0.15, 0.2) is 54.5 Å². The molecule has 0 fully saturated rings. The number of aromatic nitrogens is 1. The Balaban J connectivity index is 0.000000487. The van der Waals surface area contributed by atoms with E-state index < -0.39 is 0 Å². The fourth-order valence-electron chi connectivity index (χ4n) is 2.76. The second-order valence-corrected chi connectivity index (χ2v) is 6.52. The normalized spacial score (nSPS) is 11.8. The first-order valence-corrected chi connectivity index (χ1v) is 8.63. The maximum absolute atomic E-state index is 4.55. The second kappa shape index (κ2) is 7.99. The lowest BCUT2D eigenvalue weighted by atomic mass is 10.0. The van der Waals surface area contributed by atoms with Gasteiger partial charge in [0.2, 0.25) is 0 Å². The summed E-state index contributed by atoms with van der Waals surface area (Å²) in [4.78, 5) is 9.06. The van der Waals surface area contributed by atoms with Crippen molar-refractivity contribution >= 4 is 33.0 Å². The van der Waals surface area contributed by atoms with E-state index in [1.54, 1.807) is 11.3 Å². The van der Waals surface area contributed by atoms with Gasteiger partial charge in [-0.1, -0.05) is 12.1 Å². The van der Waals surface area contributed by atoms with Crippen molar-refractivity contribution in [3.8, 4) is 11.1 Å². The van der Waals surface area contributed by atoms with Crippen molar-refractivity contribution in [2.45, 2.75) is 20.3 Å². The van der Waals surface area contributed by atoms with Crippen molar-refractivity contribution in [2.75, 3.05) is 7.05 Å². The lowest BCUT2D eigenvalue weighted by Crippen LogP contribution is -1.89. The minimum atomic E-state index is 0.977.